The fraction of sp³-hybridized carbons (Fsp3) is 0.133. The van der Waals surface area contributed by atoms with E-state index in [1.807, 2.05) is 6.92 Å². The Morgan fingerprint density at radius 1 is 1.24 bits per heavy atom. The highest BCUT2D eigenvalue weighted by atomic mass is 32.1. The van der Waals surface area contributed by atoms with Crippen molar-refractivity contribution in [1.29, 1.82) is 0 Å². The summed E-state index contributed by atoms with van der Waals surface area (Å²) in [7, 11) is 1.58. The first-order valence-corrected chi connectivity index (χ1v) is 7.14. The Morgan fingerprint density at radius 2 is 1.95 bits per heavy atom. The third-order valence-electron chi connectivity index (χ3n) is 2.68. The molecule has 0 aliphatic rings. The summed E-state index contributed by atoms with van der Waals surface area (Å²) in [5, 5.41) is 5.82. The summed E-state index contributed by atoms with van der Waals surface area (Å²) in [6, 6.07) is 6.98. The fourth-order valence-electron chi connectivity index (χ4n) is 1.62. The lowest BCUT2D eigenvalue weighted by molar-refractivity contribution is -0.111. The molecule has 0 saturated carbocycles. The van der Waals surface area contributed by atoms with Crippen LogP contribution in [0.25, 0.3) is 6.08 Å². The topological polar surface area (TPSA) is 71.1 Å². The standard InChI is InChI=1S/C15H15N3O2S/c1-10-9-17-15(21-10)18-13(19)8-5-11-3-6-12(7-4-11)14(20)16-2/h3-9H,1-2H3,(H,16,20)(H,17,18,19)/b8-5+. The molecule has 2 N–H and O–H groups in total. The lowest BCUT2D eigenvalue weighted by Crippen LogP contribution is -2.17. The molecular formula is C15H15N3O2S. The quantitative estimate of drug-likeness (QED) is 0.852. The minimum Gasteiger partial charge on any atom is -0.355 e. The van der Waals surface area contributed by atoms with E-state index in [0.717, 1.165) is 10.4 Å². The van der Waals surface area contributed by atoms with Crippen molar-refractivity contribution in [3.8, 4) is 0 Å². The van der Waals surface area contributed by atoms with Crippen molar-refractivity contribution in [1.82, 2.24) is 10.3 Å². The van der Waals surface area contributed by atoms with E-state index in [2.05, 4.69) is 15.6 Å². The predicted molar refractivity (Wildman–Crippen MR) is 84.3 cm³/mol. The van der Waals surface area contributed by atoms with Gasteiger partial charge in [-0.3, -0.25) is 14.9 Å². The van der Waals surface area contributed by atoms with Crippen LogP contribution in [0.2, 0.25) is 0 Å². The number of nitrogens with zero attached hydrogens (tertiary/aromatic N) is 1. The van der Waals surface area contributed by atoms with Gasteiger partial charge in [-0.25, -0.2) is 4.98 Å². The van der Waals surface area contributed by atoms with E-state index in [9.17, 15) is 9.59 Å². The Kier molecular flexibility index (Phi) is 4.84. The Labute approximate surface area is 126 Å². The van der Waals surface area contributed by atoms with Gasteiger partial charge >= 0.3 is 0 Å². The molecule has 2 amide bonds. The summed E-state index contributed by atoms with van der Waals surface area (Å²) in [5.41, 5.74) is 1.42. The number of aromatic nitrogens is 1. The SMILES string of the molecule is CNC(=O)c1ccc(/C=C/C(=O)Nc2ncc(C)s2)cc1. The predicted octanol–water partition coefficient (Wildman–Crippen LogP) is 2.46. The van der Waals surface area contributed by atoms with Gasteiger partial charge in [-0.2, -0.15) is 0 Å². The van der Waals surface area contributed by atoms with Gasteiger partial charge in [-0.1, -0.05) is 12.1 Å². The van der Waals surface area contributed by atoms with Crippen LogP contribution in [-0.4, -0.2) is 23.8 Å². The summed E-state index contributed by atoms with van der Waals surface area (Å²) in [6.07, 6.45) is 4.83. The normalized spacial score (nSPS) is 10.6. The molecule has 0 aliphatic heterocycles. The molecule has 0 radical (unpaired) electrons. The molecule has 1 aromatic carbocycles. The highest BCUT2D eigenvalue weighted by Gasteiger charge is 2.03. The second-order valence-corrected chi connectivity index (χ2v) is 5.53. The summed E-state index contributed by atoms with van der Waals surface area (Å²) >= 11 is 1.42. The molecule has 2 rings (SSSR count). The molecule has 0 atom stereocenters. The van der Waals surface area contributed by atoms with E-state index < -0.39 is 0 Å². The third-order valence-corrected chi connectivity index (χ3v) is 3.51. The molecule has 1 aromatic heterocycles. The van der Waals surface area contributed by atoms with Gasteiger partial charge in [0.05, 0.1) is 0 Å². The summed E-state index contributed by atoms with van der Waals surface area (Å²) in [5.74, 6) is -0.373. The maximum absolute atomic E-state index is 11.7. The van der Waals surface area contributed by atoms with Gasteiger partial charge in [0.15, 0.2) is 5.13 Å². The molecule has 108 valence electrons. The van der Waals surface area contributed by atoms with Crippen molar-refractivity contribution in [2.24, 2.45) is 0 Å². The number of carbonyl (C=O) groups excluding carboxylic acids is 2. The molecule has 0 spiro atoms. The maximum atomic E-state index is 11.7. The number of carbonyl (C=O) groups is 2. The third kappa shape index (κ3) is 4.25. The second-order valence-electron chi connectivity index (χ2n) is 4.30. The van der Waals surface area contributed by atoms with Crippen LogP contribution in [-0.2, 0) is 4.79 Å². The number of benzene rings is 1. The second kappa shape index (κ2) is 6.81. The first kappa shape index (κ1) is 14.9. The van der Waals surface area contributed by atoms with E-state index >= 15 is 0 Å². The van der Waals surface area contributed by atoms with E-state index in [1.165, 1.54) is 17.4 Å². The van der Waals surface area contributed by atoms with E-state index in [1.54, 1.807) is 43.6 Å². The van der Waals surface area contributed by atoms with Crippen molar-refractivity contribution in [3.05, 3.63) is 52.5 Å². The van der Waals surface area contributed by atoms with E-state index in [-0.39, 0.29) is 11.8 Å². The van der Waals surface area contributed by atoms with Crippen LogP contribution >= 0.6 is 11.3 Å². The van der Waals surface area contributed by atoms with Crippen molar-refractivity contribution in [2.45, 2.75) is 6.92 Å². The fourth-order valence-corrected chi connectivity index (χ4v) is 2.29. The highest BCUT2D eigenvalue weighted by Crippen LogP contribution is 2.16. The first-order valence-electron chi connectivity index (χ1n) is 6.32. The first-order chi connectivity index (χ1) is 10.1. The van der Waals surface area contributed by atoms with Crippen molar-refractivity contribution >= 4 is 34.4 Å². The lowest BCUT2D eigenvalue weighted by Gasteiger charge is -2.00. The minimum atomic E-state index is -0.236. The molecule has 2 aromatic rings. The van der Waals surface area contributed by atoms with Crippen LogP contribution in [0.4, 0.5) is 5.13 Å². The van der Waals surface area contributed by atoms with Crippen molar-refractivity contribution in [2.75, 3.05) is 12.4 Å². The molecule has 0 saturated heterocycles. The van der Waals surface area contributed by atoms with Crippen LogP contribution in [0.1, 0.15) is 20.8 Å². The summed E-state index contributed by atoms with van der Waals surface area (Å²) in [6.45, 7) is 1.93. The van der Waals surface area contributed by atoms with Gasteiger partial charge in [0, 0.05) is 29.8 Å². The molecule has 21 heavy (non-hydrogen) atoms. The zero-order valence-electron chi connectivity index (χ0n) is 11.7. The van der Waals surface area contributed by atoms with Gasteiger partial charge in [0.1, 0.15) is 0 Å². The van der Waals surface area contributed by atoms with Crippen LogP contribution in [0, 0.1) is 6.92 Å². The Bertz CT molecular complexity index is 674. The van der Waals surface area contributed by atoms with Crippen LogP contribution in [0.3, 0.4) is 0 Å². The van der Waals surface area contributed by atoms with Gasteiger partial charge in [0.25, 0.3) is 5.91 Å². The van der Waals surface area contributed by atoms with Crippen molar-refractivity contribution < 1.29 is 9.59 Å². The smallest absolute Gasteiger partial charge is 0.251 e. The van der Waals surface area contributed by atoms with E-state index in [0.29, 0.717) is 10.7 Å². The molecule has 0 fully saturated rings. The molecule has 1 heterocycles. The number of hydrogen-bond acceptors (Lipinski definition) is 4. The summed E-state index contributed by atoms with van der Waals surface area (Å²) < 4.78 is 0. The number of hydrogen-bond donors (Lipinski definition) is 2. The number of rotatable bonds is 4. The van der Waals surface area contributed by atoms with Gasteiger partial charge in [-0.15, -0.1) is 11.3 Å². The van der Waals surface area contributed by atoms with Crippen LogP contribution in [0.15, 0.2) is 36.5 Å². The molecule has 0 unspecified atom stereocenters. The number of thiazole rings is 1. The number of aryl methyl sites for hydroxylation is 1. The molecule has 0 aliphatic carbocycles. The number of anilines is 1. The Hall–Kier alpha value is -2.47. The lowest BCUT2D eigenvalue weighted by atomic mass is 10.1. The minimum absolute atomic E-state index is 0.137. The zero-order valence-corrected chi connectivity index (χ0v) is 12.5. The van der Waals surface area contributed by atoms with Gasteiger partial charge in [0.2, 0.25) is 5.91 Å². The number of amides is 2. The molecule has 0 bridgehead atoms. The van der Waals surface area contributed by atoms with E-state index in [4.69, 9.17) is 0 Å². The van der Waals surface area contributed by atoms with Gasteiger partial charge < -0.3 is 5.32 Å². The Morgan fingerprint density at radius 3 is 2.52 bits per heavy atom. The monoisotopic (exact) mass is 301 g/mol. The zero-order chi connectivity index (χ0) is 15.2. The van der Waals surface area contributed by atoms with Crippen LogP contribution in [0.5, 0.6) is 0 Å². The average Bonchev–Trinajstić information content (AvgIpc) is 2.90. The molecule has 5 nitrogen and oxygen atoms in total. The largest absolute Gasteiger partial charge is 0.355 e. The van der Waals surface area contributed by atoms with Crippen molar-refractivity contribution in [3.63, 3.8) is 0 Å². The summed E-state index contributed by atoms with van der Waals surface area (Å²) in [4.78, 5) is 28.2. The molecule has 6 heteroatoms. The highest BCUT2D eigenvalue weighted by molar-refractivity contribution is 7.15. The Balaban J connectivity index is 1.97. The van der Waals surface area contributed by atoms with Gasteiger partial charge in [-0.05, 0) is 30.7 Å². The van der Waals surface area contributed by atoms with Crippen LogP contribution < -0.4 is 10.6 Å². The molecular weight excluding hydrogens is 286 g/mol. The average molecular weight is 301 g/mol. The maximum Gasteiger partial charge on any atom is 0.251 e. The number of nitrogens with one attached hydrogen (secondary N) is 2.